The molecule has 116 valence electrons. The number of ether oxygens (including phenoxy) is 1. The zero-order valence-electron chi connectivity index (χ0n) is 11.3. The van der Waals surface area contributed by atoms with E-state index in [0.717, 1.165) is 31.4 Å². The summed E-state index contributed by atoms with van der Waals surface area (Å²) in [5.74, 6) is -1.77. The monoisotopic (exact) mass is 302 g/mol. The maximum Gasteiger partial charge on any atom is 0.387 e. The van der Waals surface area contributed by atoms with Crippen LogP contribution < -0.4 is 15.8 Å². The summed E-state index contributed by atoms with van der Waals surface area (Å²) < 4.78 is 41.6. The van der Waals surface area contributed by atoms with Crippen molar-refractivity contribution < 1.29 is 22.7 Å². The van der Waals surface area contributed by atoms with Crippen LogP contribution in [0.4, 0.5) is 18.9 Å². The highest BCUT2D eigenvalue weighted by Crippen LogP contribution is 2.32. The second-order valence-corrected chi connectivity index (χ2v) is 5.05. The van der Waals surface area contributed by atoms with Crippen LogP contribution in [-0.2, 0) is 4.79 Å². The van der Waals surface area contributed by atoms with Crippen molar-refractivity contribution in [1.29, 1.82) is 0 Å². The Hall–Kier alpha value is -1.76. The summed E-state index contributed by atoms with van der Waals surface area (Å²) in [5, 5.41) is 2.59. The molecule has 1 amide bonds. The summed E-state index contributed by atoms with van der Waals surface area (Å²) in [6, 6.07) is 3.35. The van der Waals surface area contributed by atoms with Crippen molar-refractivity contribution in [1.82, 2.24) is 0 Å². The first kappa shape index (κ1) is 15.6. The Balaban J connectivity index is 2.02. The first-order chi connectivity index (χ1) is 10.0. The van der Waals surface area contributed by atoms with Crippen molar-refractivity contribution in [3.05, 3.63) is 24.0 Å². The van der Waals surface area contributed by atoms with Crippen LogP contribution in [0.25, 0.3) is 0 Å². The third-order valence-electron chi connectivity index (χ3n) is 3.71. The van der Waals surface area contributed by atoms with Gasteiger partial charge in [0.15, 0.2) is 11.6 Å². The lowest BCUT2D eigenvalue weighted by molar-refractivity contribution is -0.120. The van der Waals surface area contributed by atoms with E-state index >= 15 is 0 Å². The number of hydrogen-bond donors (Lipinski definition) is 2. The zero-order valence-corrected chi connectivity index (χ0v) is 11.3. The lowest BCUT2D eigenvalue weighted by Gasteiger charge is -2.17. The molecule has 3 N–H and O–H groups in total. The van der Waals surface area contributed by atoms with Crippen LogP contribution in [0.5, 0.6) is 5.75 Å². The molecular formula is C14H17F3N2O2. The first-order valence-electron chi connectivity index (χ1n) is 6.76. The fraction of sp³-hybridized carbons (Fsp3) is 0.500. The van der Waals surface area contributed by atoms with Crippen LogP contribution in [0.3, 0.4) is 0 Å². The molecule has 0 aliphatic heterocycles. The largest absolute Gasteiger partial charge is 0.432 e. The normalized spacial score (nSPS) is 21.6. The lowest BCUT2D eigenvalue weighted by atomic mass is 9.95. The Morgan fingerprint density at radius 3 is 2.81 bits per heavy atom. The van der Waals surface area contributed by atoms with E-state index in [1.54, 1.807) is 0 Å². The van der Waals surface area contributed by atoms with Crippen molar-refractivity contribution in [2.75, 3.05) is 11.9 Å². The molecule has 2 atom stereocenters. The van der Waals surface area contributed by atoms with Crippen LogP contribution in [0.15, 0.2) is 18.2 Å². The maximum atomic E-state index is 13.6. The van der Waals surface area contributed by atoms with E-state index < -0.39 is 18.2 Å². The molecule has 0 heterocycles. The SMILES string of the molecule is NC[C@H]1CCC[C@H]1C(=O)Nc1ccc(OC(F)F)c(F)c1. The fourth-order valence-electron chi connectivity index (χ4n) is 2.67. The van der Waals surface area contributed by atoms with E-state index in [1.165, 1.54) is 6.07 Å². The average Bonchev–Trinajstić information content (AvgIpc) is 2.90. The minimum absolute atomic E-state index is 0.135. The standard InChI is InChI=1S/C14H17F3N2O2/c15-11-6-9(4-5-12(11)21-14(16)17)19-13(20)10-3-1-2-8(10)7-18/h4-6,8,10,14H,1-3,7,18H2,(H,19,20)/t8-,10-/m1/s1. The van der Waals surface area contributed by atoms with Gasteiger partial charge in [-0.3, -0.25) is 4.79 Å². The number of rotatable bonds is 5. The number of benzene rings is 1. The molecule has 1 aromatic rings. The quantitative estimate of drug-likeness (QED) is 0.879. The van der Waals surface area contributed by atoms with Gasteiger partial charge in [0.25, 0.3) is 0 Å². The molecule has 0 unspecified atom stereocenters. The molecule has 1 aromatic carbocycles. The summed E-state index contributed by atoms with van der Waals surface area (Å²) in [5.41, 5.74) is 5.83. The molecule has 0 spiro atoms. The number of amides is 1. The van der Waals surface area contributed by atoms with Gasteiger partial charge in [-0.1, -0.05) is 6.42 Å². The molecule has 0 bridgehead atoms. The van der Waals surface area contributed by atoms with E-state index in [1.807, 2.05) is 0 Å². The zero-order chi connectivity index (χ0) is 15.4. The summed E-state index contributed by atoms with van der Waals surface area (Å²) in [7, 11) is 0. The second-order valence-electron chi connectivity index (χ2n) is 5.05. The summed E-state index contributed by atoms with van der Waals surface area (Å²) in [6.07, 6.45) is 2.60. The second kappa shape index (κ2) is 6.80. The van der Waals surface area contributed by atoms with Crippen molar-refractivity contribution in [2.24, 2.45) is 17.6 Å². The minimum atomic E-state index is -3.09. The summed E-state index contributed by atoms with van der Waals surface area (Å²) in [6.45, 7) is -2.66. The van der Waals surface area contributed by atoms with Gasteiger partial charge in [-0.25, -0.2) is 4.39 Å². The number of anilines is 1. The van der Waals surface area contributed by atoms with Gasteiger partial charge in [-0.2, -0.15) is 8.78 Å². The number of carbonyl (C=O) groups excluding carboxylic acids is 1. The van der Waals surface area contributed by atoms with Crippen molar-refractivity contribution in [3.63, 3.8) is 0 Å². The molecule has 7 heteroatoms. The van der Waals surface area contributed by atoms with Gasteiger partial charge in [0, 0.05) is 17.7 Å². The van der Waals surface area contributed by atoms with E-state index in [2.05, 4.69) is 10.1 Å². The maximum absolute atomic E-state index is 13.6. The van der Waals surface area contributed by atoms with Gasteiger partial charge in [0.2, 0.25) is 5.91 Å². The number of hydrogen-bond acceptors (Lipinski definition) is 3. The highest BCUT2D eigenvalue weighted by molar-refractivity contribution is 5.93. The van der Waals surface area contributed by atoms with E-state index in [9.17, 15) is 18.0 Å². The van der Waals surface area contributed by atoms with Crippen LogP contribution in [0, 0.1) is 17.7 Å². The van der Waals surface area contributed by atoms with E-state index in [0.29, 0.717) is 6.54 Å². The molecule has 21 heavy (non-hydrogen) atoms. The molecular weight excluding hydrogens is 285 g/mol. The molecule has 4 nitrogen and oxygen atoms in total. The number of nitrogens with two attached hydrogens (primary N) is 1. The lowest BCUT2D eigenvalue weighted by Crippen LogP contribution is -2.29. The molecule has 1 fully saturated rings. The predicted molar refractivity (Wildman–Crippen MR) is 71.5 cm³/mol. The number of nitrogens with one attached hydrogen (secondary N) is 1. The van der Waals surface area contributed by atoms with E-state index in [-0.39, 0.29) is 23.4 Å². The Labute approximate surface area is 120 Å². The number of carbonyl (C=O) groups is 1. The number of halogens is 3. The van der Waals surface area contributed by atoms with Gasteiger partial charge in [0.05, 0.1) is 0 Å². The highest BCUT2D eigenvalue weighted by atomic mass is 19.3. The minimum Gasteiger partial charge on any atom is -0.432 e. The molecule has 1 saturated carbocycles. The topological polar surface area (TPSA) is 64.4 Å². The fourth-order valence-corrected chi connectivity index (χ4v) is 2.67. The Kier molecular flexibility index (Phi) is 5.06. The molecule has 0 radical (unpaired) electrons. The Morgan fingerprint density at radius 2 is 2.19 bits per heavy atom. The third kappa shape index (κ3) is 3.87. The van der Waals surface area contributed by atoms with Gasteiger partial charge < -0.3 is 15.8 Å². The average molecular weight is 302 g/mol. The molecule has 1 aliphatic rings. The predicted octanol–water partition coefficient (Wildman–Crippen LogP) is 2.74. The smallest absolute Gasteiger partial charge is 0.387 e. The third-order valence-corrected chi connectivity index (χ3v) is 3.71. The van der Waals surface area contributed by atoms with Crippen molar-refractivity contribution in [3.8, 4) is 5.75 Å². The van der Waals surface area contributed by atoms with Crippen LogP contribution >= 0.6 is 0 Å². The molecule has 0 aromatic heterocycles. The summed E-state index contributed by atoms with van der Waals surface area (Å²) in [4.78, 5) is 12.1. The highest BCUT2D eigenvalue weighted by Gasteiger charge is 2.31. The van der Waals surface area contributed by atoms with Crippen LogP contribution in [0.2, 0.25) is 0 Å². The Morgan fingerprint density at radius 1 is 1.43 bits per heavy atom. The van der Waals surface area contributed by atoms with Crippen LogP contribution in [0.1, 0.15) is 19.3 Å². The van der Waals surface area contributed by atoms with Crippen molar-refractivity contribution >= 4 is 11.6 Å². The first-order valence-corrected chi connectivity index (χ1v) is 6.76. The molecule has 1 aliphatic carbocycles. The molecule has 0 saturated heterocycles. The van der Waals surface area contributed by atoms with Gasteiger partial charge in [-0.05, 0) is 37.4 Å². The van der Waals surface area contributed by atoms with Gasteiger partial charge >= 0.3 is 6.61 Å². The molecule has 2 rings (SSSR count). The van der Waals surface area contributed by atoms with Crippen molar-refractivity contribution in [2.45, 2.75) is 25.9 Å². The van der Waals surface area contributed by atoms with Gasteiger partial charge in [0.1, 0.15) is 0 Å². The van der Waals surface area contributed by atoms with Crippen LogP contribution in [-0.4, -0.2) is 19.1 Å². The van der Waals surface area contributed by atoms with Gasteiger partial charge in [-0.15, -0.1) is 0 Å². The number of alkyl halides is 2. The summed E-state index contributed by atoms with van der Waals surface area (Å²) >= 11 is 0. The Bertz CT molecular complexity index is 511. The van der Waals surface area contributed by atoms with E-state index in [4.69, 9.17) is 5.73 Å².